The van der Waals surface area contributed by atoms with Crippen molar-refractivity contribution in [1.29, 1.82) is 0 Å². The number of thiophene rings is 1. The van der Waals surface area contributed by atoms with E-state index in [4.69, 9.17) is 0 Å². The van der Waals surface area contributed by atoms with E-state index < -0.39 is 0 Å². The van der Waals surface area contributed by atoms with E-state index in [-0.39, 0.29) is 0 Å². The van der Waals surface area contributed by atoms with Crippen molar-refractivity contribution in [3.63, 3.8) is 0 Å². The number of halogens is 1. The minimum absolute atomic E-state index is 0.934. The summed E-state index contributed by atoms with van der Waals surface area (Å²) in [7, 11) is 0. The number of aromatic amines is 1. The lowest BCUT2D eigenvalue weighted by molar-refractivity contribution is 0.935. The van der Waals surface area contributed by atoms with Gasteiger partial charge in [-0.05, 0) is 40.2 Å². The molecule has 0 aliphatic heterocycles. The Morgan fingerprint density at radius 1 is 1.46 bits per heavy atom. The Balaban J connectivity index is 1.97. The molecule has 0 spiro atoms. The lowest BCUT2D eigenvalue weighted by Crippen LogP contribution is -1.89. The molecule has 2 rings (SSSR count). The van der Waals surface area contributed by atoms with E-state index in [1.165, 1.54) is 10.6 Å². The van der Waals surface area contributed by atoms with Gasteiger partial charge in [-0.15, -0.1) is 11.3 Å². The van der Waals surface area contributed by atoms with Crippen molar-refractivity contribution in [2.75, 3.05) is 0 Å². The van der Waals surface area contributed by atoms with E-state index in [0.29, 0.717) is 0 Å². The van der Waals surface area contributed by atoms with Gasteiger partial charge in [-0.1, -0.05) is 6.07 Å². The number of rotatable bonds is 3. The topological polar surface area (TPSA) is 28.7 Å². The second-order valence-electron chi connectivity index (χ2n) is 2.75. The van der Waals surface area contributed by atoms with Gasteiger partial charge < -0.3 is 4.98 Å². The van der Waals surface area contributed by atoms with E-state index in [2.05, 4.69) is 43.4 Å². The Morgan fingerprint density at radius 2 is 2.38 bits per heavy atom. The number of hydrogen-bond donors (Lipinski definition) is 1. The van der Waals surface area contributed by atoms with Gasteiger partial charge in [0.25, 0.3) is 0 Å². The van der Waals surface area contributed by atoms with Crippen LogP contribution in [0.25, 0.3) is 0 Å². The summed E-state index contributed by atoms with van der Waals surface area (Å²) < 4.78 is 0.934. The van der Waals surface area contributed by atoms with Crippen LogP contribution in [0.15, 0.2) is 28.4 Å². The largest absolute Gasteiger partial charge is 0.348 e. The van der Waals surface area contributed by atoms with Crippen LogP contribution < -0.4 is 0 Å². The highest BCUT2D eigenvalue weighted by Gasteiger charge is 2.02. The van der Waals surface area contributed by atoms with Gasteiger partial charge >= 0.3 is 0 Å². The monoisotopic (exact) mass is 256 g/mol. The second kappa shape index (κ2) is 4.07. The van der Waals surface area contributed by atoms with Crippen molar-refractivity contribution in [2.45, 2.75) is 12.8 Å². The molecular formula is C9H9BrN2S. The van der Waals surface area contributed by atoms with Crippen molar-refractivity contribution in [1.82, 2.24) is 9.97 Å². The van der Waals surface area contributed by atoms with Crippen LogP contribution in [0.1, 0.15) is 10.6 Å². The summed E-state index contributed by atoms with van der Waals surface area (Å²) in [5, 5.41) is 2.11. The first-order chi connectivity index (χ1) is 6.36. The fraction of sp³-hybridized carbons (Fsp3) is 0.222. The van der Waals surface area contributed by atoms with Gasteiger partial charge in [0.15, 0.2) is 0 Å². The van der Waals surface area contributed by atoms with Crippen LogP contribution in [0.5, 0.6) is 0 Å². The van der Waals surface area contributed by atoms with Gasteiger partial charge in [0.05, 0.1) is 6.33 Å². The molecule has 0 aliphatic carbocycles. The van der Waals surface area contributed by atoms with Gasteiger partial charge in [-0.25, -0.2) is 4.98 Å². The molecule has 0 amide bonds. The molecule has 0 atom stereocenters. The maximum absolute atomic E-state index is 4.08. The summed E-state index contributed by atoms with van der Waals surface area (Å²) in [4.78, 5) is 8.61. The molecule has 2 aromatic rings. The third-order valence-corrected chi connectivity index (χ3v) is 3.49. The number of hydrogen-bond acceptors (Lipinski definition) is 2. The summed E-state index contributed by atoms with van der Waals surface area (Å²) >= 11 is 5.19. The van der Waals surface area contributed by atoms with Crippen molar-refractivity contribution < 1.29 is 0 Å². The van der Waals surface area contributed by atoms with Gasteiger partial charge in [0.2, 0.25) is 0 Å². The fourth-order valence-electron chi connectivity index (χ4n) is 1.18. The van der Waals surface area contributed by atoms with Crippen LogP contribution >= 0.6 is 27.3 Å². The highest BCUT2D eigenvalue weighted by molar-refractivity contribution is 9.10. The number of aryl methyl sites for hydroxylation is 2. The second-order valence-corrected chi connectivity index (χ2v) is 4.53. The van der Waals surface area contributed by atoms with Crippen molar-refractivity contribution in [2.24, 2.45) is 0 Å². The number of nitrogens with one attached hydrogen (secondary N) is 1. The standard InChI is InChI=1S/C9H9BrN2S/c10-9-8(11-6-12-9)4-3-7-2-1-5-13-7/h1-2,5-6H,3-4H2,(H,11,12). The summed E-state index contributed by atoms with van der Waals surface area (Å²) in [6.07, 6.45) is 3.81. The van der Waals surface area contributed by atoms with Crippen LogP contribution in [0.2, 0.25) is 0 Å². The smallest absolute Gasteiger partial charge is 0.127 e. The van der Waals surface area contributed by atoms with Crippen LogP contribution in [0.3, 0.4) is 0 Å². The highest BCUT2D eigenvalue weighted by Crippen LogP contribution is 2.16. The lowest BCUT2D eigenvalue weighted by atomic mass is 10.2. The van der Waals surface area contributed by atoms with Gasteiger partial charge in [-0.2, -0.15) is 0 Å². The molecule has 0 aliphatic rings. The normalized spacial score (nSPS) is 10.5. The molecule has 0 saturated carbocycles. The predicted molar refractivity (Wildman–Crippen MR) is 58.0 cm³/mol. The van der Waals surface area contributed by atoms with E-state index in [1.54, 1.807) is 17.7 Å². The van der Waals surface area contributed by atoms with Crippen LogP contribution in [-0.4, -0.2) is 9.97 Å². The molecular weight excluding hydrogens is 248 g/mol. The molecule has 2 heterocycles. The van der Waals surface area contributed by atoms with Crippen LogP contribution in [-0.2, 0) is 12.8 Å². The van der Waals surface area contributed by atoms with Crippen molar-refractivity contribution in [3.8, 4) is 0 Å². The average Bonchev–Trinajstić information content (AvgIpc) is 2.72. The molecule has 13 heavy (non-hydrogen) atoms. The zero-order chi connectivity index (χ0) is 9.10. The molecule has 0 saturated heterocycles. The zero-order valence-electron chi connectivity index (χ0n) is 6.96. The number of aromatic nitrogens is 2. The molecule has 0 aromatic carbocycles. The zero-order valence-corrected chi connectivity index (χ0v) is 9.36. The molecule has 0 radical (unpaired) electrons. The number of nitrogens with zero attached hydrogens (tertiary/aromatic N) is 1. The van der Waals surface area contributed by atoms with E-state index >= 15 is 0 Å². The summed E-state index contributed by atoms with van der Waals surface area (Å²) in [5.74, 6) is 0. The molecule has 0 bridgehead atoms. The molecule has 4 heteroatoms. The Kier molecular flexibility index (Phi) is 2.80. The van der Waals surface area contributed by atoms with E-state index in [1.807, 2.05) is 0 Å². The molecule has 1 N–H and O–H groups in total. The predicted octanol–water partition coefficient (Wildman–Crippen LogP) is 3.02. The number of H-pyrrole nitrogens is 1. The maximum Gasteiger partial charge on any atom is 0.127 e. The first kappa shape index (κ1) is 8.97. The minimum atomic E-state index is 0.934. The SMILES string of the molecule is Brc1nc[nH]c1CCc1cccs1. The highest BCUT2D eigenvalue weighted by atomic mass is 79.9. The molecule has 2 nitrogen and oxygen atoms in total. The third kappa shape index (κ3) is 2.19. The lowest BCUT2D eigenvalue weighted by Gasteiger charge is -1.95. The Morgan fingerprint density at radius 3 is 3.00 bits per heavy atom. The first-order valence-corrected chi connectivity index (χ1v) is 5.73. The Hall–Kier alpha value is -0.610. The van der Waals surface area contributed by atoms with Crippen molar-refractivity contribution in [3.05, 3.63) is 39.0 Å². The number of imidazole rings is 1. The molecule has 0 fully saturated rings. The summed E-state index contributed by atoms with van der Waals surface area (Å²) in [5.41, 5.74) is 1.17. The molecule has 2 aromatic heterocycles. The molecule has 68 valence electrons. The quantitative estimate of drug-likeness (QED) is 0.899. The van der Waals surface area contributed by atoms with Gasteiger partial charge in [0, 0.05) is 10.6 Å². The molecule has 0 unspecified atom stereocenters. The van der Waals surface area contributed by atoms with E-state index in [0.717, 1.165) is 17.4 Å². The fourth-order valence-corrected chi connectivity index (χ4v) is 2.31. The minimum Gasteiger partial charge on any atom is -0.348 e. The average molecular weight is 257 g/mol. The first-order valence-electron chi connectivity index (χ1n) is 4.06. The Bertz CT molecular complexity index is 367. The van der Waals surface area contributed by atoms with Crippen LogP contribution in [0, 0.1) is 0 Å². The van der Waals surface area contributed by atoms with Crippen molar-refractivity contribution >= 4 is 27.3 Å². The summed E-state index contributed by atoms with van der Waals surface area (Å²) in [6, 6.07) is 4.25. The maximum atomic E-state index is 4.08. The summed E-state index contributed by atoms with van der Waals surface area (Å²) in [6.45, 7) is 0. The third-order valence-electron chi connectivity index (χ3n) is 1.87. The Labute approximate surface area is 89.2 Å². The van der Waals surface area contributed by atoms with E-state index in [9.17, 15) is 0 Å². The van der Waals surface area contributed by atoms with Crippen LogP contribution in [0.4, 0.5) is 0 Å². The van der Waals surface area contributed by atoms with Gasteiger partial charge in [0.1, 0.15) is 4.60 Å². The van der Waals surface area contributed by atoms with Gasteiger partial charge in [-0.3, -0.25) is 0 Å².